The van der Waals surface area contributed by atoms with Crippen LogP contribution in [0.4, 0.5) is 5.69 Å². The number of hydrogen-bond donors (Lipinski definition) is 1. The third-order valence-corrected chi connectivity index (χ3v) is 8.55. The predicted molar refractivity (Wildman–Crippen MR) is 154 cm³/mol. The molecular weight excluding hydrogens is 526 g/mol. The first-order valence-corrected chi connectivity index (χ1v) is 14.1. The minimum atomic E-state index is -4.11. The van der Waals surface area contributed by atoms with Crippen LogP contribution in [-0.2, 0) is 27.8 Å². The van der Waals surface area contributed by atoms with Gasteiger partial charge in [0.2, 0.25) is 6.41 Å². The van der Waals surface area contributed by atoms with Gasteiger partial charge in [0.05, 0.1) is 10.6 Å². The van der Waals surface area contributed by atoms with Gasteiger partial charge in [-0.05, 0) is 60.4 Å². The van der Waals surface area contributed by atoms with E-state index in [1.165, 1.54) is 12.1 Å². The van der Waals surface area contributed by atoms with E-state index in [1.54, 1.807) is 48.5 Å². The molecule has 0 unspecified atom stereocenters. The Balaban J connectivity index is 1.51. The first kappa shape index (κ1) is 26.8. The van der Waals surface area contributed by atoms with Crippen molar-refractivity contribution >= 4 is 39.1 Å². The highest BCUT2D eigenvalue weighted by Gasteiger charge is 2.26. The van der Waals surface area contributed by atoms with Crippen molar-refractivity contribution in [3.63, 3.8) is 0 Å². The second-order valence-electron chi connectivity index (χ2n) is 9.38. The van der Waals surface area contributed by atoms with Gasteiger partial charge in [-0.3, -0.25) is 4.79 Å². The number of pyridine rings is 1. The molecule has 0 fully saturated rings. The molecule has 0 bridgehead atoms. The number of anilines is 1. The standard InChI is InChI=1S/C31H27N3O5S/c1-3-24-18-27-21(2)17-28(31(36)37)32-30(27)33(24)19-22-13-15-23(16-14-22)26-11-7-8-12-29(26)34(20-35)40(38,39)25-9-5-4-6-10-25/h4-18,20H,3,19H2,1-2H3,(H,36,37). The van der Waals surface area contributed by atoms with Crippen molar-refractivity contribution in [2.45, 2.75) is 31.7 Å². The Morgan fingerprint density at radius 2 is 1.65 bits per heavy atom. The van der Waals surface area contributed by atoms with E-state index in [0.717, 1.165) is 38.5 Å². The molecule has 0 radical (unpaired) electrons. The second-order valence-corrected chi connectivity index (χ2v) is 11.2. The molecule has 2 aromatic heterocycles. The highest BCUT2D eigenvalue weighted by molar-refractivity contribution is 7.93. The summed E-state index contributed by atoms with van der Waals surface area (Å²) >= 11 is 0. The molecule has 0 spiro atoms. The van der Waals surface area contributed by atoms with Crippen LogP contribution in [0.25, 0.3) is 22.2 Å². The molecule has 5 aromatic rings. The lowest BCUT2D eigenvalue weighted by molar-refractivity contribution is -0.106. The minimum Gasteiger partial charge on any atom is -0.477 e. The van der Waals surface area contributed by atoms with Crippen LogP contribution in [0, 0.1) is 6.92 Å². The summed E-state index contributed by atoms with van der Waals surface area (Å²) in [6.45, 7) is 4.40. The van der Waals surface area contributed by atoms with Crippen molar-refractivity contribution in [3.05, 3.63) is 114 Å². The van der Waals surface area contributed by atoms with Crippen molar-refractivity contribution in [3.8, 4) is 11.1 Å². The number of carbonyl (C=O) groups is 2. The maximum Gasteiger partial charge on any atom is 0.354 e. The van der Waals surface area contributed by atoms with E-state index in [4.69, 9.17) is 0 Å². The maximum absolute atomic E-state index is 13.3. The molecule has 8 nitrogen and oxygen atoms in total. The van der Waals surface area contributed by atoms with Crippen LogP contribution in [-0.4, -0.2) is 35.5 Å². The van der Waals surface area contributed by atoms with Gasteiger partial charge in [0.15, 0.2) is 5.69 Å². The summed E-state index contributed by atoms with van der Waals surface area (Å²) in [6, 6.07) is 25.9. The third kappa shape index (κ3) is 4.87. The van der Waals surface area contributed by atoms with Crippen LogP contribution >= 0.6 is 0 Å². The number of rotatable bonds is 9. The van der Waals surface area contributed by atoms with Gasteiger partial charge in [-0.25, -0.2) is 22.5 Å². The molecule has 2 heterocycles. The Bertz CT molecular complexity index is 1830. The Hall–Kier alpha value is -4.76. The molecule has 0 saturated carbocycles. The van der Waals surface area contributed by atoms with Crippen LogP contribution in [0.2, 0.25) is 0 Å². The molecule has 1 N–H and O–H groups in total. The van der Waals surface area contributed by atoms with Gasteiger partial charge in [0, 0.05) is 23.2 Å². The average molecular weight is 554 g/mol. The zero-order chi connectivity index (χ0) is 28.4. The summed E-state index contributed by atoms with van der Waals surface area (Å²) in [5.74, 6) is -1.07. The molecule has 202 valence electrons. The number of nitrogens with zero attached hydrogens (tertiary/aromatic N) is 3. The van der Waals surface area contributed by atoms with E-state index in [2.05, 4.69) is 11.1 Å². The number of hydrogen-bond acceptors (Lipinski definition) is 5. The monoisotopic (exact) mass is 553 g/mol. The second kappa shape index (κ2) is 10.8. The maximum atomic E-state index is 13.3. The average Bonchev–Trinajstić information content (AvgIpc) is 3.32. The lowest BCUT2D eigenvalue weighted by Gasteiger charge is -2.21. The predicted octanol–water partition coefficient (Wildman–Crippen LogP) is 5.67. The van der Waals surface area contributed by atoms with Crippen molar-refractivity contribution in [1.82, 2.24) is 9.55 Å². The van der Waals surface area contributed by atoms with Gasteiger partial charge < -0.3 is 9.67 Å². The summed E-state index contributed by atoms with van der Waals surface area (Å²) in [5.41, 5.74) is 5.05. The van der Waals surface area contributed by atoms with Gasteiger partial charge in [0.1, 0.15) is 5.65 Å². The minimum absolute atomic E-state index is 0.00384. The number of para-hydroxylation sites is 1. The molecular formula is C31H27N3O5S. The smallest absolute Gasteiger partial charge is 0.354 e. The fourth-order valence-electron chi connectivity index (χ4n) is 4.84. The zero-order valence-electron chi connectivity index (χ0n) is 22.0. The summed E-state index contributed by atoms with van der Waals surface area (Å²) < 4.78 is 29.4. The molecule has 0 aliphatic carbocycles. The van der Waals surface area contributed by atoms with E-state index in [1.807, 2.05) is 42.7 Å². The van der Waals surface area contributed by atoms with Gasteiger partial charge >= 0.3 is 5.97 Å². The number of fused-ring (bicyclic) bond motifs is 1. The number of carbonyl (C=O) groups excluding carboxylic acids is 1. The van der Waals surface area contributed by atoms with Crippen LogP contribution in [0.1, 0.15) is 34.2 Å². The van der Waals surface area contributed by atoms with E-state index in [0.29, 0.717) is 24.2 Å². The van der Waals surface area contributed by atoms with Gasteiger partial charge in [-0.2, -0.15) is 0 Å². The fraction of sp³-hybridized carbons (Fsp3) is 0.129. The lowest BCUT2D eigenvalue weighted by Crippen LogP contribution is -2.30. The van der Waals surface area contributed by atoms with Crippen molar-refractivity contribution in [2.24, 2.45) is 0 Å². The number of carboxylic acid groups (broad SMARTS) is 1. The largest absolute Gasteiger partial charge is 0.477 e. The number of carboxylic acids is 1. The number of benzene rings is 3. The Labute approximate surface area is 232 Å². The quantitative estimate of drug-likeness (QED) is 0.236. The number of aromatic nitrogens is 2. The highest BCUT2D eigenvalue weighted by atomic mass is 32.2. The molecule has 0 atom stereocenters. The number of aromatic carboxylic acids is 1. The summed E-state index contributed by atoms with van der Waals surface area (Å²) in [6.07, 6.45) is 1.07. The molecule has 0 aliphatic rings. The van der Waals surface area contributed by atoms with E-state index < -0.39 is 16.0 Å². The molecule has 0 saturated heterocycles. The first-order chi connectivity index (χ1) is 19.2. The summed E-state index contributed by atoms with van der Waals surface area (Å²) in [4.78, 5) is 28.2. The fourth-order valence-corrected chi connectivity index (χ4v) is 6.10. The van der Waals surface area contributed by atoms with Crippen molar-refractivity contribution < 1.29 is 23.1 Å². The molecule has 3 aromatic carbocycles. The molecule has 9 heteroatoms. The van der Waals surface area contributed by atoms with Crippen LogP contribution in [0.3, 0.4) is 0 Å². The van der Waals surface area contributed by atoms with E-state index >= 15 is 0 Å². The molecule has 5 rings (SSSR count). The topological polar surface area (TPSA) is 110 Å². The lowest BCUT2D eigenvalue weighted by atomic mass is 10.0. The number of amides is 1. The Kier molecular flexibility index (Phi) is 7.23. The van der Waals surface area contributed by atoms with Gasteiger partial charge in [-0.15, -0.1) is 0 Å². The van der Waals surface area contributed by atoms with E-state index in [-0.39, 0.29) is 16.3 Å². The normalized spacial score (nSPS) is 11.4. The van der Waals surface area contributed by atoms with Crippen molar-refractivity contribution in [1.29, 1.82) is 0 Å². The third-order valence-electron chi connectivity index (χ3n) is 6.88. The van der Waals surface area contributed by atoms with E-state index in [9.17, 15) is 23.1 Å². The Morgan fingerprint density at radius 3 is 2.30 bits per heavy atom. The van der Waals surface area contributed by atoms with Crippen molar-refractivity contribution in [2.75, 3.05) is 4.31 Å². The van der Waals surface area contributed by atoms with Crippen LogP contribution in [0.5, 0.6) is 0 Å². The molecule has 40 heavy (non-hydrogen) atoms. The van der Waals surface area contributed by atoms with Crippen LogP contribution < -0.4 is 4.31 Å². The SMILES string of the molecule is CCc1cc2c(C)cc(C(=O)O)nc2n1Cc1ccc(-c2ccccc2N(C=O)S(=O)(=O)c2ccccc2)cc1. The molecule has 1 amide bonds. The summed E-state index contributed by atoms with van der Waals surface area (Å²) in [7, 11) is -4.11. The van der Waals surface area contributed by atoms with Crippen LogP contribution in [0.15, 0.2) is 95.9 Å². The zero-order valence-corrected chi connectivity index (χ0v) is 22.8. The van der Waals surface area contributed by atoms with Gasteiger partial charge in [-0.1, -0.05) is 67.6 Å². The first-order valence-electron chi connectivity index (χ1n) is 12.7. The number of aryl methyl sites for hydroxylation is 2. The molecule has 0 aliphatic heterocycles. The summed E-state index contributed by atoms with van der Waals surface area (Å²) in [5, 5.41) is 10.4. The number of sulfonamides is 1. The highest BCUT2D eigenvalue weighted by Crippen LogP contribution is 2.34. The van der Waals surface area contributed by atoms with Gasteiger partial charge in [0.25, 0.3) is 10.0 Å². The Morgan fingerprint density at radius 1 is 0.975 bits per heavy atom.